The zero-order chi connectivity index (χ0) is 13.2. The SMILES string of the molecule is CCn1c(C)cc2ccc(CN3CCNCC3)cc21. The molecule has 1 aliphatic heterocycles. The number of hydrogen-bond acceptors (Lipinski definition) is 2. The molecule has 1 saturated heterocycles. The molecule has 102 valence electrons. The summed E-state index contributed by atoms with van der Waals surface area (Å²) < 4.78 is 2.40. The van der Waals surface area contributed by atoms with E-state index in [0.29, 0.717) is 0 Å². The summed E-state index contributed by atoms with van der Waals surface area (Å²) in [7, 11) is 0. The highest BCUT2D eigenvalue weighted by atomic mass is 15.2. The molecular formula is C16H23N3. The van der Waals surface area contributed by atoms with Gasteiger partial charge in [-0.3, -0.25) is 4.90 Å². The maximum absolute atomic E-state index is 3.41. The Morgan fingerprint density at radius 2 is 1.95 bits per heavy atom. The van der Waals surface area contributed by atoms with Gasteiger partial charge < -0.3 is 9.88 Å². The van der Waals surface area contributed by atoms with Crippen molar-refractivity contribution in [1.29, 1.82) is 0 Å². The van der Waals surface area contributed by atoms with Crippen LogP contribution in [0, 0.1) is 6.92 Å². The van der Waals surface area contributed by atoms with E-state index >= 15 is 0 Å². The lowest BCUT2D eigenvalue weighted by Crippen LogP contribution is -2.42. The van der Waals surface area contributed by atoms with Crippen LogP contribution in [0.2, 0.25) is 0 Å². The lowest BCUT2D eigenvalue weighted by Gasteiger charge is -2.27. The quantitative estimate of drug-likeness (QED) is 0.911. The predicted octanol–water partition coefficient (Wildman–Crippen LogP) is 2.37. The zero-order valence-corrected chi connectivity index (χ0v) is 11.9. The van der Waals surface area contributed by atoms with Crippen LogP contribution in [0.1, 0.15) is 18.2 Å². The summed E-state index contributed by atoms with van der Waals surface area (Å²) >= 11 is 0. The topological polar surface area (TPSA) is 20.2 Å². The van der Waals surface area contributed by atoms with Gasteiger partial charge in [0.1, 0.15) is 0 Å². The molecule has 1 aromatic carbocycles. The van der Waals surface area contributed by atoms with E-state index in [0.717, 1.165) is 39.3 Å². The molecule has 0 bridgehead atoms. The van der Waals surface area contributed by atoms with Crippen molar-refractivity contribution in [2.45, 2.75) is 26.9 Å². The molecule has 1 aliphatic rings. The molecule has 0 spiro atoms. The highest BCUT2D eigenvalue weighted by Crippen LogP contribution is 2.21. The number of benzene rings is 1. The Morgan fingerprint density at radius 1 is 1.16 bits per heavy atom. The number of rotatable bonds is 3. The molecule has 1 fully saturated rings. The van der Waals surface area contributed by atoms with Crippen molar-refractivity contribution < 1.29 is 0 Å². The van der Waals surface area contributed by atoms with Crippen molar-refractivity contribution in [3.63, 3.8) is 0 Å². The summed E-state index contributed by atoms with van der Waals surface area (Å²) in [5, 5.41) is 4.77. The monoisotopic (exact) mass is 257 g/mol. The van der Waals surface area contributed by atoms with Gasteiger partial charge in [-0.05, 0) is 36.9 Å². The second-order valence-electron chi connectivity index (χ2n) is 5.45. The summed E-state index contributed by atoms with van der Waals surface area (Å²) in [4.78, 5) is 2.53. The third-order valence-corrected chi connectivity index (χ3v) is 4.11. The summed E-state index contributed by atoms with van der Waals surface area (Å²) in [5.74, 6) is 0. The Hall–Kier alpha value is -1.32. The second-order valence-corrected chi connectivity index (χ2v) is 5.45. The molecule has 0 radical (unpaired) electrons. The largest absolute Gasteiger partial charge is 0.345 e. The molecule has 19 heavy (non-hydrogen) atoms. The maximum Gasteiger partial charge on any atom is 0.0485 e. The van der Waals surface area contributed by atoms with E-state index in [1.807, 2.05) is 0 Å². The minimum Gasteiger partial charge on any atom is -0.345 e. The van der Waals surface area contributed by atoms with Crippen molar-refractivity contribution in [2.75, 3.05) is 26.2 Å². The summed E-state index contributed by atoms with van der Waals surface area (Å²) in [6.07, 6.45) is 0. The fourth-order valence-electron chi connectivity index (χ4n) is 3.08. The third-order valence-electron chi connectivity index (χ3n) is 4.11. The molecule has 3 rings (SSSR count). The van der Waals surface area contributed by atoms with Crippen LogP contribution < -0.4 is 5.32 Å². The van der Waals surface area contributed by atoms with Crippen molar-refractivity contribution in [1.82, 2.24) is 14.8 Å². The molecule has 0 saturated carbocycles. The first-order chi connectivity index (χ1) is 9.28. The van der Waals surface area contributed by atoms with Gasteiger partial charge in [-0.1, -0.05) is 12.1 Å². The minimum atomic E-state index is 1.05. The Kier molecular flexibility index (Phi) is 3.58. The number of nitrogens with zero attached hydrogens (tertiary/aromatic N) is 2. The molecule has 3 nitrogen and oxygen atoms in total. The van der Waals surface area contributed by atoms with E-state index in [4.69, 9.17) is 0 Å². The fourth-order valence-corrected chi connectivity index (χ4v) is 3.08. The molecule has 2 heterocycles. The molecule has 0 atom stereocenters. The third kappa shape index (κ3) is 2.53. The zero-order valence-electron chi connectivity index (χ0n) is 11.9. The van der Waals surface area contributed by atoms with E-state index in [2.05, 4.69) is 52.9 Å². The van der Waals surface area contributed by atoms with Gasteiger partial charge in [0, 0.05) is 50.5 Å². The van der Waals surface area contributed by atoms with Crippen LogP contribution in [-0.4, -0.2) is 35.6 Å². The highest BCUT2D eigenvalue weighted by Gasteiger charge is 2.11. The Balaban J connectivity index is 1.87. The smallest absolute Gasteiger partial charge is 0.0485 e. The van der Waals surface area contributed by atoms with Gasteiger partial charge in [-0.15, -0.1) is 0 Å². The number of fused-ring (bicyclic) bond motifs is 1. The normalized spacial score (nSPS) is 17.2. The van der Waals surface area contributed by atoms with Crippen molar-refractivity contribution in [2.24, 2.45) is 0 Å². The van der Waals surface area contributed by atoms with Crippen LogP contribution in [0.25, 0.3) is 10.9 Å². The second kappa shape index (κ2) is 5.35. The van der Waals surface area contributed by atoms with Gasteiger partial charge in [0.25, 0.3) is 0 Å². The maximum atomic E-state index is 3.41. The summed E-state index contributed by atoms with van der Waals surface area (Å²) in [6.45, 7) is 11.1. The minimum absolute atomic E-state index is 1.05. The molecule has 0 amide bonds. The number of piperazine rings is 1. The van der Waals surface area contributed by atoms with E-state index in [1.54, 1.807) is 0 Å². The van der Waals surface area contributed by atoms with Crippen LogP contribution in [-0.2, 0) is 13.1 Å². The molecule has 3 heteroatoms. The number of aromatic nitrogens is 1. The fraction of sp³-hybridized carbons (Fsp3) is 0.500. The molecule has 1 aromatic heterocycles. The predicted molar refractivity (Wildman–Crippen MR) is 80.5 cm³/mol. The molecule has 0 unspecified atom stereocenters. The lowest BCUT2D eigenvalue weighted by molar-refractivity contribution is 0.233. The summed E-state index contributed by atoms with van der Waals surface area (Å²) in [5.41, 5.74) is 4.17. The highest BCUT2D eigenvalue weighted by molar-refractivity contribution is 5.82. The molecule has 1 N–H and O–H groups in total. The lowest BCUT2D eigenvalue weighted by atomic mass is 10.1. The summed E-state index contributed by atoms with van der Waals surface area (Å²) in [6, 6.07) is 9.21. The van der Waals surface area contributed by atoms with Gasteiger partial charge in [0.05, 0.1) is 0 Å². The van der Waals surface area contributed by atoms with Crippen LogP contribution in [0.4, 0.5) is 0 Å². The number of aryl methyl sites for hydroxylation is 2. The van der Waals surface area contributed by atoms with Crippen LogP contribution >= 0.6 is 0 Å². The molecule has 2 aromatic rings. The average molecular weight is 257 g/mol. The average Bonchev–Trinajstić information content (AvgIpc) is 2.74. The number of hydrogen-bond donors (Lipinski definition) is 1. The first-order valence-corrected chi connectivity index (χ1v) is 7.30. The van der Waals surface area contributed by atoms with Crippen LogP contribution in [0.3, 0.4) is 0 Å². The van der Waals surface area contributed by atoms with Gasteiger partial charge in [-0.25, -0.2) is 0 Å². The van der Waals surface area contributed by atoms with Crippen molar-refractivity contribution >= 4 is 10.9 Å². The Morgan fingerprint density at radius 3 is 2.68 bits per heavy atom. The molecular weight excluding hydrogens is 234 g/mol. The van der Waals surface area contributed by atoms with E-state index in [9.17, 15) is 0 Å². The van der Waals surface area contributed by atoms with Crippen LogP contribution in [0.5, 0.6) is 0 Å². The van der Waals surface area contributed by atoms with Crippen LogP contribution in [0.15, 0.2) is 24.3 Å². The van der Waals surface area contributed by atoms with Gasteiger partial charge in [-0.2, -0.15) is 0 Å². The van der Waals surface area contributed by atoms with E-state index < -0.39 is 0 Å². The van der Waals surface area contributed by atoms with Crippen molar-refractivity contribution in [3.05, 3.63) is 35.5 Å². The standard InChI is InChI=1S/C16H23N3/c1-3-19-13(2)10-15-5-4-14(11-16(15)19)12-18-8-6-17-7-9-18/h4-5,10-11,17H,3,6-9,12H2,1-2H3. The van der Waals surface area contributed by atoms with Gasteiger partial charge >= 0.3 is 0 Å². The van der Waals surface area contributed by atoms with E-state index in [-0.39, 0.29) is 0 Å². The molecule has 0 aliphatic carbocycles. The Bertz CT molecular complexity index is 565. The Labute approximate surface area is 115 Å². The first kappa shape index (κ1) is 12.7. The first-order valence-electron chi connectivity index (χ1n) is 7.30. The van der Waals surface area contributed by atoms with Gasteiger partial charge in [0.2, 0.25) is 0 Å². The number of nitrogens with one attached hydrogen (secondary N) is 1. The van der Waals surface area contributed by atoms with Crippen molar-refractivity contribution in [3.8, 4) is 0 Å². The van der Waals surface area contributed by atoms with E-state index in [1.165, 1.54) is 22.2 Å². The van der Waals surface area contributed by atoms with Gasteiger partial charge in [0.15, 0.2) is 0 Å².